The molecule has 0 aliphatic carbocycles. The quantitative estimate of drug-likeness (QED) is 0.506. The predicted molar refractivity (Wildman–Crippen MR) is 114 cm³/mol. The van der Waals surface area contributed by atoms with E-state index in [1.54, 1.807) is 13.2 Å². The average molecular weight is 392 g/mol. The molecule has 3 rings (SSSR count). The highest BCUT2D eigenvalue weighted by Crippen LogP contribution is 2.23. The van der Waals surface area contributed by atoms with E-state index in [2.05, 4.69) is 10.6 Å². The maximum Gasteiger partial charge on any atom is 0.243 e. The van der Waals surface area contributed by atoms with Gasteiger partial charge in [-0.25, -0.2) is 0 Å². The van der Waals surface area contributed by atoms with Gasteiger partial charge in [0.15, 0.2) is 0 Å². The lowest BCUT2D eigenvalue weighted by atomic mass is 10.3. The fraction of sp³-hybridized carbons (Fsp3) is 0.174. The van der Waals surface area contributed by atoms with E-state index in [1.807, 2.05) is 72.8 Å². The highest BCUT2D eigenvalue weighted by molar-refractivity contribution is 5.95. The van der Waals surface area contributed by atoms with Crippen LogP contribution in [0.5, 0.6) is 17.2 Å². The highest BCUT2D eigenvalue weighted by Gasteiger charge is 2.08. The second-order valence-corrected chi connectivity index (χ2v) is 6.14. The summed E-state index contributed by atoms with van der Waals surface area (Å²) in [7, 11) is 1.61. The molecule has 6 heteroatoms. The maximum atomic E-state index is 12.3. The molecule has 0 atom stereocenters. The summed E-state index contributed by atoms with van der Waals surface area (Å²) in [5.74, 6) is 1.99. The molecule has 6 nitrogen and oxygen atoms in total. The van der Waals surface area contributed by atoms with Crippen LogP contribution in [0.2, 0.25) is 0 Å². The van der Waals surface area contributed by atoms with Crippen LogP contribution in [0.25, 0.3) is 0 Å². The Kier molecular flexibility index (Phi) is 7.34. The van der Waals surface area contributed by atoms with Gasteiger partial charge in [-0.15, -0.1) is 0 Å². The molecule has 0 aliphatic heterocycles. The van der Waals surface area contributed by atoms with E-state index in [0.29, 0.717) is 24.7 Å². The SMILES string of the molecule is COc1ccc(NCC(=O)Nc2ccccc2OCCOc2ccccc2)cc1. The van der Waals surface area contributed by atoms with Gasteiger partial charge in [-0.2, -0.15) is 0 Å². The number of ether oxygens (including phenoxy) is 3. The van der Waals surface area contributed by atoms with Gasteiger partial charge in [-0.05, 0) is 48.5 Å². The summed E-state index contributed by atoms with van der Waals surface area (Å²) in [6, 6.07) is 24.3. The molecule has 2 N–H and O–H groups in total. The second kappa shape index (κ2) is 10.6. The maximum absolute atomic E-state index is 12.3. The van der Waals surface area contributed by atoms with Gasteiger partial charge < -0.3 is 24.8 Å². The first-order chi connectivity index (χ1) is 14.2. The number of para-hydroxylation sites is 3. The molecule has 29 heavy (non-hydrogen) atoms. The van der Waals surface area contributed by atoms with E-state index in [0.717, 1.165) is 17.2 Å². The largest absolute Gasteiger partial charge is 0.497 e. The number of benzene rings is 3. The molecule has 0 heterocycles. The minimum absolute atomic E-state index is 0.137. The molecule has 1 amide bonds. The Bertz CT molecular complexity index is 898. The first-order valence-corrected chi connectivity index (χ1v) is 9.32. The first-order valence-electron chi connectivity index (χ1n) is 9.32. The van der Waals surface area contributed by atoms with E-state index in [4.69, 9.17) is 14.2 Å². The van der Waals surface area contributed by atoms with Gasteiger partial charge in [0.05, 0.1) is 19.3 Å². The van der Waals surface area contributed by atoms with Crippen molar-refractivity contribution in [3.63, 3.8) is 0 Å². The van der Waals surface area contributed by atoms with Crippen molar-refractivity contribution in [1.29, 1.82) is 0 Å². The molecule has 0 bridgehead atoms. The van der Waals surface area contributed by atoms with E-state index in [9.17, 15) is 4.79 Å². The van der Waals surface area contributed by atoms with Gasteiger partial charge in [0, 0.05) is 5.69 Å². The molecule has 0 unspecified atom stereocenters. The molecule has 0 saturated carbocycles. The Morgan fingerprint density at radius 3 is 2.24 bits per heavy atom. The van der Waals surface area contributed by atoms with Crippen molar-refractivity contribution in [2.24, 2.45) is 0 Å². The van der Waals surface area contributed by atoms with E-state index >= 15 is 0 Å². The number of rotatable bonds is 10. The normalized spacial score (nSPS) is 10.1. The lowest BCUT2D eigenvalue weighted by Gasteiger charge is -2.13. The van der Waals surface area contributed by atoms with Crippen LogP contribution < -0.4 is 24.8 Å². The summed E-state index contributed by atoms with van der Waals surface area (Å²) in [5, 5.41) is 5.95. The summed E-state index contributed by atoms with van der Waals surface area (Å²) in [6.07, 6.45) is 0. The predicted octanol–water partition coefficient (Wildman–Crippen LogP) is 4.20. The van der Waals surface area contributed by atoms with Crippen LogP contribution in [0.4, 0.5) is 11.4 Å². The number of anilines is 2. The van der Waals surface area contributed by atoms with Crippen LogP contribution in [0.15, 0.2) is 78.9 Å². The van der Waals surface area contributed by atoms with Crippen LogP contribution in [0.1, 0.15) is 0 Å². The number of carbonyl (C=O) groups excluding carboxylic acids is 1. The van der Waals surface area contributed by atoms with Crippen LogP contribution in [0.3, 0.4) is 0 Å². The van der Waals surface area contributed by atoms with Crippen molar-refractivity contribution in [2.75, 3.05) is 37.5 Å². The van der Waals surface area contributed by atoms with Gasteiger partial charge >= 0.3 is 0 Å². The zero-order valence-corrected chi connectivity index (χ0v) is 16.3. The van der Waals surface area contributed by atoms with Crippen molar-refractivity contribution >= 4 is 17.3 Å². The number of nitrogens with one attached hydrogen (secondary N) is 2. The number of hydrogen-bond donors (Lipinski definition) is 2. The summed E-state index contributed by atoms with van der Waals surface area (Å²) in [5.41, 5.74) is 1.46. The summed E-state index contributed by atoms with van der Waals surface area (Å²) in [6.45, 7) is 0.912. The molecule has 0 aromatic heterocycles. The van der Waals surface area contributed by atoms with E-state index in [1.165, 1.54) is 0 Å². The van der Waals surface area contributed by atoms with Crippen molar-refractivity contribution in [2.45, 2.75) is 0 Å². The fourth-order valence-electron chi connectivity index (χ4n) is 2.61. The smallest absolute Gasteiger partial charge is 0.243 e. The number of methoxy groups -OCH3 is 1. The molecule has 0 radical (unpaired) electrons. The lowest BCUT2D eigenvalue weighted by molar-refractivity contribution is -0.114. The summed E-state index contributed by atoms with van der Waals surface area (Å²) >= 11 is 0. The van der Waals surface area contributed by atoms with E-state index < -0.39 is 0 Å². The van der Waals surface area contributed by atoms with Crippen molar-refractivity contribution in [3.05, 3.63) is 78.9 Å². The molecule has 0 aliphatic rings. The minimum Gasteiger partial charge on any atom is -0.497 e. The van der Waals surface area contributed by atoms with Crippen molar-refractivity contribution < 1.29 is 19.0 Å². The summed E-state index contributed by atoms with van der Waals surface area (Å²) in [4.78, 5) is 12.3. The number of amides is 1. The third-order valence-electron chi connectivity index (χ3n) is 4.06. The molecular weight excluding hydrogens is 368 g/mol. The van der Waals surface area contributed by atoms with Crippen LogP contribution in [-0.4, -0.2) is 32.8 Å². The van der Waals surface area contributed by atoms with E-state index in [-0.39, 0.29) is 12.5 Å². The molecule has 0 saturated heterocycles. The third-order valence-corrected chi connectivity index (χ3v) is 4.06. The zero-order chi connectivity index (χ0) is 20.3. The summed E-state index contributed by atoms with van der Waals surface area (Å²) < 4.78 is 16.5. The molecular formula is C23H24N2O4. The fourth-order valence-corrected chi connectivity index (χ4v) is 2.61. The average Bonchev–Trinajstić information content (AvgIpc) is 2.77. The first kappa shape index (κ1) is 20.1. The zero-order valence-electron chi connectivity index (χ0n) is 16.3. The molecule has 150 valence electrons. The molecule has 0 fully saturated rings. The van der Waals surface area contributed by atoms with Gasteiger partial charge in [0.25, 0.3) is 0 Å². The Morgan fingerprint density at radius 2 is 1.48 bits per heavy atom. The molecule has 3 aromatic rings. The second-order valence-electron chi connectivity index (χ2n) is 6.14. The van der Waals surface area contributed by atoms with Crippen molar-refractivity contribution in [1.82, 2.24) is 0 Å². The Hall–Kier alpha value is -3.67. The topological polar surface area (TPSA) is 68.8 Å². The van der Waals surface area contributed by atoms with Crippen molar-refractivity contribution in [3.8, 4) is 17.2 Å². The van der Waals surface area contributed by atoms with Gasteiger partial charge in [-0.3, -0.25) is 4.79 Å². The van der Waals surface area contributed by atoms with Gasteiger partial charge in [-0.1, -0.05) is 30.3 Å². The standard InChI is InChI=1S/C23H24N2O4/c1-27-19-13-11-18(12-14-19)24-17-23(26)25-21-9-5-6-10-22(21)29-16-15-28-20-7-3-2-4-8-20/h2-14,24H,15-17H2,1H3,(H,25,26). The monoisotopic (exact) mass is 392 g/mol. The Morgan fingerprint density at radius 1 is 0.793 bits per heavy atom. The van der Waals surface area contributed by atoms with Gasteiger partial charge in [0.2, 0.25) is 5.91 Å². The molecule has 3 aromatic carbocycles. The highest BCUT2D eigenvalue weighted by atomic mass is 16.5. The lowest BCUT2D eigenvalue weighted by Crippen LogP contribution is -2.22. The van der Waals surface area contributed by atoms with Crippen LogP contribution >= 0.6 is 0 Å². The number of hydrogen-bond acceptors (Lipinski definition) is 5. The number of carbonyl (C=O) groups is 1. The van der Waals surface area contributed by atoms with Gasteiger partial charge in [0.1, 0.15) is 30.5 Å². The third kappa shape index (κ3) is 6.46. The van der Waals surface area contributed by atoms with Crippen LogP contribution in [0, 0.1) is 0 Å². The Labute approximate surface area is 170 Å². The minimum atomic E-state index is -0.169. The Balaban J connectivity index is 1.46. The van der Waals surface area contributed by atoms with Crippen LogP contribution in [-0.2, 0) is 4.79 Å². The molecule has 0 spiro atoms.